The Morgan fingerprint density at radius 1 is 1.04 bits per heavy atom. The van der Waals surface area contributed by atoms with Gasteiger partial charge in [0.25, 0.3) is 5.91 Å². The quantitative estimate of drug-likeness (QED) is 0.729. The fourth-order valence-electron chi connectivity index (χ4n) is 2.02. The standard InChI is InChI=1S/C18H21NO3S/c1-19(12-14-4-10-17(23-3)11-5-14)18(20)13-22-16-8-6-15(21-2)7-9-16/h4-11H,12-13H2,1-3H3. The first kappa shape index (κ1) is 17.2. The summed E-state index contributed by atoms with van der Waals surface area (Å²) in [7, 11) is 3.39. The first-order chi connectivity index (χ1) is 11.1. The fourth-order valence-corrected chi connectivity index (χ4v) is 2.43. The van der Waals surface area contributed by atoms with Gasteiger partial charge in [-0.05, 0) is 48.2 Å². The fraction of sp³-hybridized carbons (Fsp3) is 0.278. The van der Waals surface area contributed by atoms with Crippen LogP contribution in [0.5, 0.6) is 11.5 Å². The molecule has 2 aromatic rings. The Morgan fingerprint density at radius 3 is 2.22 bits per heavy atom. The monoisotopic (exact) mass is 331 g/mol. The van der Waals surface area contributed by atoms with E-state index in [9.17, 15) is 4.79 Å². The Kier molecular flexibility index (Phi) is 6.35. The highest BCUT2D eigenvalue weighted by Gasteiger charge is 2.10. The SMILES string of the molecule is COc1ccc(OCC(=O)N(C)Cc2ccc(SC)cc2)cc1. The van der Waals surface area contributed by atoms with E-state index < -0.39 is 0 Å². The second-order valence-corrected chi connectivity index (χ2v) is 5.94. The summed E-state index contributed by atoms with van der Waals surface area (Å²) >= 11 is 1.70. The molecule has 23 heavy (non-hydrogen) atoms. The summed E-state index contributed by atoms with van der Waals surface area (Å²) < 4.78 is 10.6. The number of nitrogens with zero attached hydrogens (tertiary/aromatic N) is 1. The molecule has 0 spiro atoms. The van der Waals surface area contributed by atoms with E-state index >= 15 is 0 Å². The third-order valence-electron chi connectivity index (χ3n) is 3.43. The third kappa shape index (κ3) is 5.21. The Hall–Kier alpha value is -2.14. The minimum atomic E-state index is -0.0604. The van der Waals surface area contributed by atoms with Gasteiger partial charge in [0, 0.05) is 18.5 Å². The summed E-state index contributed by atoms with van der Waals surface area (Å²) in [4.78, 5) is 15.0. The van der Waals surface area contributed by atoms with E-state index in [0.29, 0.717) is 12.3 Å². The number of rotatable bonds is 7. The Morgan fingerprint density at radius 2 is 1.65 bits per heavy atom. The van der Waals surface area contributed by atoms with Crippen molar-refractivity contribution in [2.75, 3.05) is 27.0 Å². The molecule has 0 fully saturated rings. The van der Waals surface area contributed by atoms with Crippen LogP contribution >= 0.6 is 11.8 Å². The molecule has 0 bridgehead atoms. The maximum absolute atomic E-state index is 12.1. The summed E-state index contributed by atoms with van der Waals surface area (Å²) in [6.07, 6.45) is 2.04. The van der Waals surface area contributed by atoms with Crippen LogP contribution in [0.3, 0.4) is 0 Å². The molecular formula is C18H21NO3S. The lowest BCUT2D eigenvalue weighted by molar-refractivity contribution is -0.132. The second kappa shape index (κ2) is 8.48. The summed E-state index contributed by atoms with van der Waals surface area (Å²) in [5.74, 6) is 1.35. The first-order valence-corrected chi connectivity index (χ1v) is 8.48. The van der Waals surface area contributed by atoms with Crippen LogP contribution in [-0.2, 0) is 11.3 Å². The van der Waals surface area contributed by atoms with E-state index in [-0.39, 0.29) is 12.5 Å². The number of hydrogen-bond donors (Lipinski definition) is 0. The number of benzene rings is 2. The van der Waals surface area contributed by atoms with Crippen molar-refractivity contribution in [3.63, 3.8) is 0 Å². The highest BCUT2D eigenvalue weighted by atomic mass is 32.2. The number of likely N-dealkylation sites (N-methyl/N-ethyl adjacent to an activating group) is 1. The minimum Gasteiger partial charge on any atom is -0.497 e. The van der Waals surface area contributed by atoms with Gasteiger partial charge < -0.3 is 14.4 Å². The van der Waals surface area contributed by atoms with E-state index in [1.165, 1.54) is 4.90 Å². The lowest BCUT2D eigenvalue weighted by Crippen LogP contribution is -2.30. The predicted molar refractivity (Wildman–Crippen MR) is 93.2 cm³/mol. The number of thioether (sulfide) groups is 1. The van der Waals surface area contributed by atoms with E-state index in [4.69, 9.17) is 9.47 Å². The van der Waals surface area contributed by atoms with Crippen molar-refractivity contribution in [1.82, 2.24) is 4.90 Å². The summed E-state index contributed by atoms with van der Waals surface area (Å²) in [6.45, 7) is 0.588. The van der Waals surface area contributed by atoms with Gasteiger partial charge in [-0.25, -0.2) is 0 Å². The zero-order valence-electron chi connectivity index (χ0n) is 13.6. The van der Waals surface area contributed by atoms with Crippen molar-refractivity contribution in [2.45, 2.75) is 11.4 Å². The van der Waals surface area contributed by atoms with Gasteiger partial charge in [-0.2, -0.15) is 0 Å². The van der Waals surface area contributed by atoms with E-state index in [2.05, 4.69) is 12.1 Å². The highest BCUT2D eigenvalue weighted by molar-refractivity contribution is 7.98. The molecule has 0 aliphatic carbocycles. The molecule has 1 amide bonds. The normalized spacial score (nSPS) is 10.2. The van der Waals surface area contributed by atoms with Gasteiger partial charge in [-0.15, -0.1) is 11.8 Å². The van der Waals surface area contributed by atoms with E-state index in [1.807, 2.05) is 18.4 Å². The van der Waals surface area contributed by atoms with Gasteiger partial charge in [-0.3, -0.25) is 4.79 Å². The van der Waals surface area contributed by atoms with Crippen molar-refractivity contribution in [2.24, 2.45) is 0 Å². The molecule has 0 aliphatic rings. The van der Waals surface area contributed by atoms with Crippen LogP contribution in [0.4, 0.5) is 0 Å². The number of amides is 1. The molecule has 0 radical (unpaired) electrons. The van der Waals surface area contributed by atoms with Crippen LogP contribution in [0.2, 0.25) is 0 Å². The van der Waals surface area contributed by atoms with Gasteiger partial charge in [0.05, 0.1) is 7.11 Å². The van der Waals surface area contributed by atoms with Crippen molar-refractivity contribution in [3.8, 4) is 11.5 Å². The number of carbonyl (C=O) groups is 1. The average molecular weight is 331 g/mol. The Bertz CT molecular complexity index is 626. The van der Waals surface area contributed by atoms with Crippen LogP contribution < -0.4 is 9.47 Å². The lowest BCUT2D eigenvalue weighted by atomic mass is 10.2. The maximum Gasteiger partial charge on any atom is 0.260 e. The molecule has 2 rings (SSSR count). The van der Waals surface area contributed by atoms with E-state index in [0.717, 1.165) is 11.3 Å². The maximum atomic E-state index is 12.1. The molecule has 0 N–H and O–H groups in total. The van der Waals surface area contributed by atoms with Crippen molar-refractivity contribution >= 4 is 17.7 Å². The second-order valence-electron chi connectivity index (χ2n) is 5.06. The molecule has 2 aromatic carbocycles. The molecule has 4 nitrogen and oxygen atoms in total. The van der Waals surface area contributed by atoms with Gasteiger partial charge >= 0.3 is 0 Å². The molecule has 0 saturated heterocycles. The van der Waals surface area contributed by atoms with Crippen LogP contribution in [0.25, 0.3) is 0 Å². The third-order valence-corrected chi connectivity index (χ3v) is 4.17. The van der Waals surface area contributed by atoms with Crippen molar-refractivity contribution in [3.05, 3.63) is 54.1 Å². The summed E-state index contributed by atoms with van der Waals surface area (Å²) in [5, 5.41) is 0. The zero-order valence-corrected chi connectivity index (χ0v) is 14.4. The van der Waals surface area contributed by atoms with E-state index in [1.54, 1.807) is 55.1 Å². The number of methoxy groups -OCH3 is 1. The summed E-state index contributed by atoms with van der Waals surface area (Å²) in [6, 6.07) is 15.4. The molecule has 5 heteroatoms. The molecule has 0 heterocycles. The van der Waals surface area contributed by atoms with Gasteiger partial charge in [-0.1, -0.05) is 12.1 Å². The van der Waals surface area contributed by atoms with Crippen LogP contribution in [0.1, 0.15) is 5.56 Å². The molecular weight excluding hydrogens is 310 g/mol. The van der Waals surface area contributed by atoms with Crippen molar-refractivity contribution in [1.29, 1.82) is 0 Å². The largest absolute Gasteiger partial charge is 0.497 e. The molecule has 0 atom stereocenters. The first-order valence-electron chi connectivity index (χ1n) is 7.26. The predicted octanol–water partition coefficient (Wildman–Crippen LogP) is 3.45. The lowest BCUT2D eigenvalue weighted by Gasteiger charge is -2.18. The Labute approximate surface area is 141 Å². The number of hydrogen-bond acceptors (Lipinski definition) is 4. The molecule has 0 aromatic heterocycles. The van der Waals surface area contributed by atoms with Gasteiger partial charge in [0.15, 0.2) is 6.61 Å². The highest BCUT2D eigenvalue weighted by Crippen LogP contribution is 2.17. The van der Waals surface area contributed by atoms with Gasteiger partial charge in [0.1, 0.15) is 11.5 Å². The topological polar surface area (TPSA) is 38.8 Å². The number of carbonyl (C=O) groups excluding carboxylic acids is 1. The zero-order chi connectivity index (χ0) is 16.7. The molecule has 0 unspecified atom stereocenters. The molecule has 0 saturated carbocycles. The molecule has 122 valence electrons. The Balaban J connectivity index is 1.83. The van der Waals surface area contributed by atoms with Crippen LogP contribution in [0, 0.1) is 0 Å². The average Bonchev–Trinajstić information content (AvgIpc) is 2.60. The summed E-state index contributed by atoms with van der Waals surface area (Å²) in [5.41, 5.74) is 1.10. The van der Waals surface area contributed by atoms with Gasteiger partial charge in [0.2, 0.25) is 0 Å². The van der Waals surface area contributed by atoms with Crippen LogP contribution in [-0.4, -0.2) is 37.8 Å². The smallest absolute Gasteiger partial charge is 0.260 e. The van der Waals surface area contributed by atoms with Crippen LogP contribution in [0.15, 0.2) is 53.4 Å². The molecule has 0 aliphatic heterocycles. The van der Waals surface area contributed by atoms with Crippen molar-refractivity contribution < 1.29 is 14.3 Å². The minimum absolute atomic E-state index is 0.0196. The number of ether oxygens (including phenoxy) is 2.